The van der Waals surface area contributed by atoms with Gasteiger partial charge in [0.05, 0.1) is 12.8 Å². The molecule has 31 heavy (non-hydrogen) atoms. The molecule has 1 aromatic heterocycles. The minimum absolute atomic E-state index is 0.177. The number of rotatable bonds is 6. The van der Waals surface area contributed by atoms with E-state index in [1.54, 1.807) is 0 Å². The van der Waals surface area contributed by atoms with Gasteiger partial charge in [0.15, 0.2) is 0 Å². The zero-order valence-corrected chi connectivity index (χ0v) is 17.0. The Morgan fingerprint density at radius 2 is 1.77 bits per heavy atom. The molecular formula is C23H25NO7. The first-order valence-electron chi connectivity index (χ1n) is 10.0. The monoisotopic (exact) mass is 427 g/mol. The Morgan fingerprint density at radius 1 is 1.00 bits per heavy atom. The molecule has 3 aromatic rings. The molecule has 0 bridgehead atoms. The van der Waals surface area contributed by atoms with E-state index in [0.717, 1.165) is 16.7 Å². The van der Waals surface area contributed by atoms with Crippen LogP contribution in [0.2, 0.25) is 0 Å². The Morgan fingerprint density at radius 3 is 2.45 bits per heavy atom. The number of aromatic nitrogens is 1. The van der Waals surface area contributed by atoms with Gasteiger partial charge < -0.3 is 34.3 Å². The highest BCUT2D eigenvalue weighted by Gasteiger charge is 2.43. The number of hydrogen-bond acceptors (Lipinski definition) is 8. The third kappa shape index (κ3) is 4.63. The molecule has 8 nitrogen and oxygen atoms in total. The number of benzene rings is 2. The van der Waals surface area contributed by atoms with Crippen LogP contribution in [0, 0.1) is 6.92 Å². The molecule has 1 unspecified atom stereocenters. The molecular weight excluding hydrogens is 402 g/mol. The largest absolute Gasteiger partial charge is 0.417 e. The predicted molar refractivity (Wildman–Crippen MR) is 110 cm³/mol. The van der Waals surface area contributed by atoms with Gasteiger partial charge in [0, 0.05) is 0 Å². The molecule has 1 saturated heterocycles. The number of aliphatic hydroxyl groups excluding tert-OH is 4. The van der Waals surface area contributed by atoms with Crippen LogP contribution in [0.3, 0.4) is 0 Å². The fourth-order valence-electron chi connectivity index (χ4n) is 3.69. The molecule has 0 amide bonds. The Hall–Kier alpha value is -2.75. The van der Waals surface area contributed by atoms with E-state index in [0.29, 0.717) is 17.7 Å². The van der Waals surface area contributed by atoms with Crippen LogP contribution in [0.5, 0.6) is 11.8 Å². The van der Waals surface area contributed by atoms with Crippen LogP contribution in [-0.2, 0) is 11.2 Å². The summed E-state index contributed by atoms with van der Waals surface area (Å²) in [6.07, 6.45) is -2.12. The van der Waals surface area contributed by atoms with Gasteiger partial charge in [-0.1, -0.05) is 30.3 Å². The highest BCUT2D eigenvalue weighted by atomic mass is 16.6. The normalized spacial score (nSPS) is 26.0. The van der Waals surface area contributed by atoms with Crippen LogP contribution in [0.25, 0.3) is 0 Å². The van der Waals surface area contributed by atoms with Gasteiger partial charge in [-0.25, -0.2) is 0 Å². The average molecular weight is 427 g/mol. The molecule has 5 atom stereocenters. The van der Waals surface area contributed by atoms with E-state index >= 15 is 0 Å². The van der Waals surface area contributed by atoms with Gasteiger partial charge >= 0.3 is 6.08 Å². The predicted octanol–water partition coefficient (Wildman–Crippen LogP) is 1.88. The lowest BCUT2D eigenvalue weighted by Crippen LogP contribution is -2.55. The number of ether oxygens (including phenoxy) is 2. The summed E-state index contributed by atoms with van der Waals surface area (Å²) in [7, 11) is 0. The topological polar surface area (TPSA) is 125 Å². The zero-order chi connectivity index (χ0) is 22.0. The van der Waals surface area contributed by atoms with Crippen LogP contribution in [0.15, 0.2) is 59.3 Å². The minimum atomic E-state index is -1.41. The lowest BCUT2D eigenvalue weighted by molar-refractivity contribution is -0.231. The van der Waals surface area contributed by atoms with E-state index in [4.69, 9.17) is 13.9 Å². The van der Waals surface area contributed by atoms with E-state index in [1.165, 1.54) is 12.5 Å². The number of hydrogen-bond donors (Lipinski definition) is 4. The smallest absolute Gasteiger partial charge is 0.399 e. The standard InChI is InChI=1S/C23H25NO7/c1-13-2-5-15(22-21(28)20(27)19(26)18(12-25)31-22)11-16(13)10-14-3-6-17(7-4-14)30-23-24-8-9-29-23/h2-9,11,18-22,25-28H,10,12H2,1H3/t18-,19-,20?,21-,22+/m1/s1. The quantitative estimate of drug-likeness (QED) is 0.470. The van der Waals surface area contributed by atoms with Gasteiger partial charge in [-0.3, -0.25) is 0 Å². The Kier molecular flexibility index (Phi) is 6.35. The van der Waals surface area contributed by atoms with Crippen LogP contribution < -0.4 is 4.74 Å². The van der Waals surface area contributed by atoms with Crippen LogP contribution in [-0.4, -0.2) is 56.4 Å². The Bertz CT molecular complexity index is 988. The van der Waals surface area contributed by atoms with Crippen LogP contribution in [0.4, 0.5) is 0 Å². The Balaban J connectivity index is 1.51. The summed E-state index contributed by atoms with van der Waals surface area (Å²) < 4.78 is 16.3. The van der Waals surface area contributed by atoms with E-state index in [2.05, 4.69) is 4.98 Å². The fraction of sp³-hybridized carbons (Fsp3) is 0.348. The summed E-state index contributed by atoms with van der Waals surface area (Å²) in [5.41, 5.74) is 3.81. The molecule has 0 aliphatic carbocycles. The van der Waals surface area contributed by atoms with Crippen molar-refractivity contribution in [1.82, 2.24) is 4.98 Å². The molecule has 0 saturated carbocycles. The summed E-state index contributed by atoms with van der Waals surface area (Å²) in [4.78, 5) is 3.92. The third-order valence-corrected chi connectivity index (χ3v) is 5.53. The van der Waals surface area contributed by atoms with Crippen molar-refractivity contribution in [2.45, 2.75) is 43.9 Å². The van der Waals surface area contributed by atoms with Crippen molar-refractivity contribution in [2.75, 3.05) is 6.61 Å². The third-order valence-electron chi connectivity index (χ3n) is 5.53. The van der Waals surface area contributed by atoms with Crippen molar-refractivity contribution >= 4 is 0 Å². The molecule has 2 heterocycles. The molecule has 0 spiro atoms. The maximum atomic E-state index is 10.4. The average Bonchev–Trinajstić information content (AvgIpc) is 3.28. The molecule has 4 N–H and O–H groups in total. The van der Waals surface area contributed by atoms with Gasteiger partial charge in [0.1, 0.15) is 42.5 Å². The number of aryl methyl sites for hydroxylation is 1. The van der Waals surface area contributed by atoms with E-state index in [-0.39, 0.29) is 6.08 Å². The van der Waals surface area contributed by atoms with Gasteiger partial charge in [0.2, 0.25) is 0 Å². The molecule has 1 aliphatic heterocycles. The van der Waals surface area contributed by atoms with Crippen molar-refractivity contribution in [3.63, 3.8) is 0 Å². The van der Waals surface area contributed by atoms with Gasteiger partial charge in [-0.2, -0.15) is 4.98 Å². The zero-order valence-electron chi connectivity index (χ0n) is 17.0. The summed E-state index contributed by atoms with van der Waals surface area (Å²) in [5.74, 6) is 0.609. The van der Waals surface area contributed by atoms with Crippen molar-refractivity contribution in [2.24, 2.45) is 0 Å². The number of aliphatic hydroxyl groups is 4. The first-order valence-corrected chi connectivity index (χ1v) is 10.0. The van der Waals surface area contributed by atoms with E-state index in [9.17, 15) is 20.4 Å². The van der Waals surface area contributed by atoms with Crippen LogP contribution >= 0.6 is 0 Å². The highest BCUT2D eigenvalue weighted by molar-refractivity contribution is 5.38. The summed E-state index contributed by atoms with van der Waals surface area (Å²) in [6.45, 7) is 1.54. The highest BCUT2D eigenvalue weighted by Crippen LogP contribution is 2.33. The molecule has 1 fully saturated rings. The molecule has 8 heteroatoms. The lowest BCUT2D eigenvalue weighted by Gasteiger charge is -2.40. The molecule has 0 radical (unpaired) electrons. The van der Waals surface area contributed by atoms with Crippen LogP contribution in [0.1, 0.15) is 28.4 Å². The van der Waals surface area contributed by atoms with E-state index < -0.39 is 37.1 Å². The van der Waals surface area contributed by atoms with Crippen molar-refractivity contribution in [3.05, 3.63) is 77.2 Å². The lowest BCUT2D eigenvalue weighted by atomic mass is 9.89. The van der Waals surface area contributed by atoms with Crippen molar-refractivity contribution < 1.29 is 34.3 Å². The van der Waals surface area contributed by atoms with Gasteiger partial charge in [-0.15, -0.1) is 0 Å². The second kappa shape index (κ2) is 9.17. The summed E-state index contributed by atoms with van der Waals surface area (Å²) in [5, 5.41) is 39.9. The molecule has 2 aromatic carbocycles. The molecule has 4 rings (SSSR count). The first kappa shape index (κ1) is 21.5. The Labute approximate surface area is 179 Å². The fourth-order valence-corrected chi connectivity index (χ4v) is 3.69. The minimum Gasteiger partial charge on any atom is -0.417 e. The van der Waals surface area contributed by atoms with Gasteiger partial charge in [0.25, 0.3) is 0 Å². The van der Waals surface area contributed by atoms with E-state index in [1.807, 2.05) is 49.4 Å². The maximum Gasteiger partial charge on any atom is 0.399 e. The number of nitrogens with zero attached hydrogens (tertiary/aromatic N) is 1. The second-order valence-electron chi connectivity index (χ2n) is 7.66. The first-order chi connectivity index (χ1) is 15.0. The molecule has 1 aliphatic rings. The summed E-state index contributed by atoms with van der Waals surface area (Å²) >= 11 is 0. The maximum absolute atomic E-state index is 10.4. The molecule has 164 valence electrons. The summed E-state index contributed by atoms with van der Waals surface area (Å²) in [6, 6.07) is 13.2. The van der Waals surface area contributed by atoms with Crippen molar-refractivity contribution in [1.29, 1.82) is 0 Å². The van der Waals surface area contributed by atoms with Crippen molar-refractivity contribution in [3.8, 4) is 11.8 Å². The number of oxazole rings is 1. The SMILES string of the molecule is Cc1ccc([C@@H]2O[C@H](CO)[C@@H](O)C(O)[C@H]2O)cc1Cc1ccc(Oc2ncco2)cc1. The second-order valence-corrected chi connectivity index (χ2v) is 7.66. The van der Waals surface area contributed by atoms with Gasteiger partial charge in [-0.05, 0) is 47.7 Å².